The molecule has 3 N–H and O–H groups in total. The van der Waals surface area contributed by atoms with Crippen LogP contribution in [0, 0.1) is 37.4 Å². The second-order valence-corrected chi connectivity index (χ2v) is 15.4. The van der Waals surface area contributed by atoms with Gasteiger partial charge < -0.3 is 58.9 Å². The Kier molecular flexibility index (Phi) is 8.60. The predicted octanol–water partition coefficient (Wildman–Crippen LogP) is 4.65. The van der Waals surface area contributed by atoms with Gasteiger partial charge in [-0.3, -0.25) is 14.4 Å². The van der Waals surface area contributed by atoms with Crippen molar-refractivity contribution in [2.75, 3.05) is 94.4 Å². The van der Waals surface area contributed by atoms with Gasteiger partial charge in [0.2, 0.25) is 0 Å². The van der Waals surface area contributed by atoms with Crippen LogP contribution in [0.3, 0.4) is 0 Å². The summed E-state index contributed by atoms with van der Waals surface area (Å²) in [4.78, 5) is 82.8. The Morgan fingerprint density at radius 1 is 0.681 bits per heavy atom. The number of likely N-dealkylation sites (tertiary alicyclic amines) is 3. The number of likely N-dealkylation sites (N-methyl/N-ethyl adjacent to an activating group) is 3. The van der Waals surface area contributed by atoms with Crippen LogP contribution in [0.5, 0.6) is 0 Å². The number of piperidine rings is 3. The number of nitrogens with one attached hydrogen (secondary N) is 3. The first-order chi connectivity index (χ1) is 42.6. The predicted molar refractivity (Wildman–Crippen MR) is 264 cm³/mol. The first kappa shape index (κ1) is 26.6. The van der Waals surface area contributed by atoms with E-state index in [0.29, 0.717) is 44.1 Å². The summed E-state index contributed by atoms with van der Waals surface area (Å²) in [5.41, 5.74) is 0.721. The number of hydrogen-bond donors (Lipinski definition) is 3. The molecule has 3 amide bonds. The molecule has 0 saturated carbocycles. The highest BCUT2D eigenvalue weighted by Crippen LogP contribution is 2.31. The average molecular weight is 961 g/mol. The molecule has 3 aliphatic heterocycles. The van der Waals surface area contributed by atoms with Crippen LogP contribution in [0.15, 0.2) is 55.7 Å². The van der Waals surface area contributed by atoms with Gasteiger partial charge in [0, 0.05) is 92.5 Å². The molecule has 9 heterocycles. The summed E-state index contributed by atoms with van der Waals surface area (Å²) in [6, 6.07) is -1.20. The van der Waals surface area contributed by atoms with Crippen molar-refractivity contribution in [1.29, 1.82) is 0 Å². The van der Waals surface area contributed by atoms with Gasteiger partial charge in [-0.05, 0) is 55.2 Å². The third kappa shape index (κ3) is 11.0. The fourth-order valence-electron chi connectivity index (χ4n) is 7.59. The van der Waals surface area contributed by atoms with Crippen LogP contribution < -0.4 is 14.7 Å². The van der Waals surface area contributed by atoms with Crippen LogP contribution in [0.1, 0.15) is 72.8 Å². The number of H-pyrrole nitrogens is 3. The van der Waals surface area contributed by atoms with E-state index in [4.69, 9.17) is 51.2 Å². The number of rotatable bonds is 9. The molecule has 3 fully saturated rings. The van der Waals surface area contributed by atoms with Gasteiger partial charge in [-0.15, -0.1) is 0 Å². The first-order valence-electron chi connectivity index (χ1n) is 32.9. The number of aromatic amines is 3. The minimum absolute atomic E-state index is 0.0133. The molecule has 6 atom stereocenters. The summed E-state index contributed by atoms with van der Waals surface area (Å²) < 4.78 is 196. The Labute approximate surface area is 435 Å². The van der Waals surface area contributed by atoms with Gasteiger partial charge in [0.1, 0.15) is 62.9 Å². The Morgan fingerprint density at radius 3 is 1.58 bits per heavy atom. The molecule has 3 saturated heterocycles. The topological polar surface area (TPSA) is 208 Å². The molecule has 69 heavy (non-hydrogen) atoms. The summed E-state index contributed by atoms with van der Waals surface area (Å²) >= 11 is 0. The molecule has 3 aliphatic rings. The Bertz CT molecular complexity index is 3950. The van der Waals surface area contributed by atoms with Gasteiger partial charge in [0.15, 0.2) is 0 Å². The number of hydrogen-bond acceptors (Lipinski definition) is 12. The lowest BCUT2D eigenvalue weighted by Gasteiger charge is -2.41. The number of fused-ring (bicyclic) bond motifs is 3. The maximum atomic E-state index is 12.6. The molecule has 0 radical (unpaired) electrons. The molecule has 9 rings (SSSR count). The van der Waals surface area contributed by atoms with Crippen LogP contribution in [0.2, 0.25) is 0 Å². The van der Waals surface area contributed by atoms with E-state index < -0.39 is 132 Å². The Morgan fingerprint density at radius 2 is 1.13 bits per heavy atom. The number of carbonyl (C=O) groups excluding carboxylic acids is 3. The maximum Gasteiger partial charge on any atom is 0.302 e. The van der Waals surface area contributed by atoms with Crippen LogP contribution in [-0.2, 0) is 14.4 Å². The van der Waals surface area contributed by atoms with Crippen molar-refractivity contribution in [3.63, 3.8) is 0 Å². The molecule has 0 spiro atoms. The molecule has 0 unspecified atom stereocenters. The number of aromatic nitrogens is 9. The van der Waals surface area contributed by atoms with Crippen LogP contribution in [-0.4, -0.2) is 175 Å². The number of carbonyl (C=O) groups is 3. The second kappa shape index (κ2) is 22.3. The zero-order chi connectivity index (χ0) is 70.1. The first-order valence-corrected chi connectivity index (χ1v) is 20.9. The summed E-state index contributed by atoms with van der Waals surface area (Å²) in [6.45, 7) is -2.74. The highest BCUT2D eigenvalue weighted by Gasteiger charge is 2.36. The third-order valence-corrected chi connectivity index (χ3v) is 11.2. The van der Waals surface area contributed by atoms with Gasteiger partial charge in [-0.1, -0.05) is 20.6 Å². The minimum atomic E-state index is -3.50. The van der Waals surface area contributed by atoms with E-state index in [1.807, 2.05) is 6.92 Å². The second-order valence-electron chi connectivity index (χ2n) is 15.4. The Balaban J connectivity index is 0.000000198. The van der Waals surface area contributed by atoms with Crippen molar-refractivity contribution in [3.05, 3.63) is 90.0 Å². The van der Waals surface area contributed by atoms with Gasteiger partial charge in [0.25, 0.3) is 19.5 Å². The van der Waals surface area contributed by atoms with Crippen molar-refractivity contribution in [2.24, 2.45) is 17.7 Å². The molecule has 0 aromatic carbocycles. The summed E-state index contributed by atoms with van der Waals surface area (Å²) in [5, 5.41) is 0.979. The smallest absolute Gasteiger partial charge is 0.302 e. The molecule has 6 aromatic rings. The lowest BCUT2D eigenvalue weighted by atomic mass is 9.92. The van der Waals surface area contributed by atoms with Crippen molar-refractivity contribution < 1.29 is 47.3 Å². The maximum absolute atomic E-state index is 12.6. The fraction of sp³-hybridized carbons (Fsp3) is 0.500. The van der Waals surface area contributed by atoms with Crippen molar-refractivity contribution in [1.82, 2.24) is 59.6 Å². The monoisotopic (exact) mass is 961 g/mol. The standard InChI is InChI=1S/3C16H20N6O/c3*1-11-5-7-22(14(23)8-17-2)9-13(11)21(3)16-12-4-6-18-15(12)19-10-20-16/h3*4,6,10-11,13H,5,7-9H2,1,3H3,(H,18,19,20)/t3*11-,13+/m111/s1/i1D3,3D3,9D2,10D,11D,13D;1D3,8D2,9D2,10D;8D2,9D2,10D. The van der Waals surface area contributed by atoms with Gasteiger partial charge in [0.05, 0.1) is 43.9 Å². The van der Waals surface area contributed by atoms with E-state index in [1.54, 1.807) is 36.5 Å². The van der Waals surface area contributed by atoms with Crippen molar-refractivity contribution in [3.8, 4) is 0 Å². The van der Waals surface area contributed by atoms with Crippen LogP contribution in [0.25, 0.3) is 47.6 Å². The minimum Gasteiger partial charge on any atom is -0.354 e. The normalized spacial score (nSPS) is 31.6. The van der Waals surface area contributed by atoms with E-state index >= 15 is 0 Å². The van der Waals surface area contributed by atoms with E-state index in [1.165, 1.54) is 24.2 Å². The Hall–Kier alpha value is -7.86. The average Bonchev–Trinajstić information content (AvgIpc) is 0.796. The third-order valence-electron chi connectivity index (χ3n) is 11.2. The molecular formula is C48H60N18O3. The van der Waals surface area contributed by atoms with Crippen LogP contribution >= 0.6 is 0 Å². The van der Waals surface area contributed by atoms with E-state index in [2.05, 4.69) is 59.4 Å². The van der Waals surface area contributed by atoms with Gasteiger partial charge in [-0.25, -0.2) is 49.6 Å². The number of nitrogens with zero attached hydrogens (tertiary/aromatic N) is 15. The van der Waals surface area contributed by atoms with E-state index in [0.717, 1.165) is 4.90 Å². The quantitative estimate of drug-likeness (QED) is 0.169. The zero-order valence-electron chi connectivity index (χ0n) is 61.2. The largest absolute Gasteiger partial charge is 0.354 e. The lowest BCUT2D eigenvalue weighted by Crippen LogP contribution is -2.53. The summed E-state index contributed by atoms with van der Waals surface area (Å²) in [6.07, 6.45) is 2.73. The number of amides is 3. The molecular weight excluding hydrogens is 877 g/mol. The fourth-order valence-corrected chi connectivity index (χ4v) is 7.59. The summed E-state index contributed by atoms with van der Waals surface area (Å²) in [5.74, 6) is -8.38. The molecule has 0 bridgehead atoms. The highest BCUT2D eigenvalue weighted by atomic mass is 16.2. The van der Waals surface area contributed by atoms with Gasteiger partial charge >= 0.3 is 17.7 Å². The summed E-state index contributed by atoms with van der Waals surface area (Å²) in [7, 11) is 3.04. The number of anilines is 3. The molecule has 0 aliphatic carbocycles. The SMILES string of the molecule is [2H]c1nc(N(C([2H])([2H])[2H])[C@@]2([2H])C([2H])([2H])N(C(=O)C[N+]#[C-])CC[C@@]2([2H])C([2H])([2H])[2H])c2cc[nH]c2n1.[2H]c1nc(N(C)[C@@H]2[C@H](C([2H])([2H])[2H])CCN(C(=O)C([2H])([2H])[N+]#[C-])C2([2H])[2H])c2cc[nH]c2n1.[2H]c1nc(N(C)[C@@H]2[C@H](C)CCN(C(=O)C([2H])([2H])[N+]#[C-])C2([2H])[2H])c2cc[nH]c2n1. The van der Waals surface area contributed by atoms with E-state index in [-0.39, 0.29) is 59.8 Å². The van der Waals surface area contributed by atoms with Crippen LogP contribution in [0.4, 0.5) is 17.5 Å². The molecule has 360 valence electrons. The van der Waals surface area contributed by atoms with E-state index in [9.17, 15) is 15.8 Å². The highest BCUT2D eigenvalue weighted by molar-refractivity contribution is 5.89. The van der Waals surface area contributed by atoms with Crippen molar-refractivity contribution in [2.45, 2.75) is 58.0 Å². The molecule has 21 nitrogen and oxygen atoms in total. The lowest BCUT2D eigenvalue weighted by molar-refractivity contribution is -0.131. The molecule has 6 aromatic heterocycles. The van der Waals surface area contributed by atoms with Gasteiger partial charge in [-0.2, -0.15) is 0 Å². The zero-order valence-corrected chi connectivity index (χ0v) is 37.2. The molecule has 21 heteroatoms. The van der Waals surface area contributed by atoms with Crippen molar-refractivity contribution >= 4 is 68.3 Å².